The molecule has 4 rings (SSSR count). The van der Waals surface area contributed by atoms with Gasteiger partial charge in [0.15, 0.2) is 10.8 Å². The summed E-state index contributed by atoms with van der Waals surface area (Å²) in [5.74, 6) is -2.06. The molecule has 2 fully saturated rings. The van der Waals surface area contributed by atoms with E-state index in [2.05, 4.69) is 22.5 Å². The lowest BCUT2D eigenvalue weighted by Crippen LogP contribution is -2.71. The number of carboxylic acids is 1. The average Bonchev–Trinajstić information content (AvgIpc) is 3.37. The molecule has 0 aliphatic carbocycles. The Bertz CT molecular complexity index is 1020. The number of fused-ring (bicyclic) bond motifs is 1. The number of aliphatic carboxylic acids is 1. The van der Waals surface area contributed by atoms with Crippen LogP contribution >= 0.6 is 23.1 Å². The van der Waals surface area contributed by atoms with Gasteiger partial charge in [0.1, 0.15) is 30.8 Å². The fraction of sp³-hybridized carbons (Fsp3) is 0.526. The van der Waals surface area contributed by atoms with E-state index < -0.39 is 29.2 Å². The van der Waals surface area contributed by atoms with Crippen molar-refractivity contribution in [2.75, 3.05) is 45.3 Å². The molecule has 34 heavy (non-hydrogen) atoms. The summed E-state index contributed by atoms with van der Waals surface area (Å²) < 4.78 is 0.757. The number of likely N-dealkylation sites (N-methyl/N-ethyl adjacent to an activating group) is 1. The Morgan fingerprint density at radius 1 is 1.38 bits per heavy atom. The molecule has 2 amide bonds. The molecule has 0 radical (unpaired) electrons. The van der Waals surface area contributed by atoms with Gasteiger partial charge in [0.2, 0.25) is 0 Å². The van der Waals surface area contributed by atoms with Gasteiger partial charge in [0, 0.05) is 29.5 Å². The number of aromatic nitrogens is 1. The second-order valence-electron chi connectivity index (χ2n) is 8.23. The smallest absolute Gasteiger partial charge is 0.276 e. The number of hydrogen-bond donors (Lipinski definition) is 2. The van der Waals surface area contributed by atoms with Gasteiger partial charge < -0.3 is 41.2 Å². The number of hydrogen-bond acceptors (Lipinski definition) is 10. The van der Waals surface area contributed by atoms with E-state index in [4.69, 9.17) is 10.6 Å². The van der Waals surface area contributed by atoms with E-state index in [0.717, 1.165) is 41.8 Å². The maximum Gasteiger partial charge on any atom is 0.276 e. The third kappa shape index (κ3) is 5.02. The topological polar surface area (TPSA) is 213 Å². The van der Waals surface area contributed by atoms with Crippen LogP contribution in [0.3, 0.4) is 0 Å². The average molecular weight is 517 g/mol. The van der Waals surface area contributed by atoms with Crippen LogP contribution in [0.25, 0.3) is 0 Å². The first-order valence-corrected chi connectivity index (χ1v) is 12.0. The molecule has 188 valence electrons. The van der Waals surface area contributed by atoms with Crippen LogP contribution in [0.2, 0.25) is 0 Å². The van der Waals surface area contributed by atoms with Crippen molar-refractivity contribution >= 4 is 51.7 Å². The first kappa shape index (κ1) is 27.5. The van der Waals surface area contributed by atoms with Gasteiger partial charge in [-0.2, -0.15) is 0 Å². The molecule has 2 saturated heterocycles. The largest absolute Gasteiger partial charge is 0.543 e. The lowest BCUT2D eigenvalue weighted by atomic mass is 10.0. The number of nitrogen functional groups attached to an aromatic ring is 1. The number of nitrogens with one attached hydrogen (secondary N) is 1. The molecule has 3 aliphatic rings. The zero-order valence-corrected chi connectivity index (χ0v) is 20.3. The minimum Gasteiger partial charge on any atom is -0.543 e. The van der Waals surface area contributed by atoms with Crippen molar-refractivity contribution < 1.29 is 39.8 Å². The maximum absolute atomic E-state index is 12.9. The van der Waals surface area contributed by atoms with E-state index in [1.54, 1.807) is 5.38 Å². The monoisotopic (exact) mass is 516 g/mol. The van der Waals surface area contributed by atoms with Crippen LogP contribution in [-0.2, 0) is 19.2 Å². The van der Waals surface area contributed by atoms with Crippen LogP contribution in [0.5, 0.6) is 0 Å². The summed E-state index contributed by atoms with van der Waals surface area (Å²) >= 11 is 2.57. The number of carbonyl (C=O) groups is 3. The molecule has 0 saturated carbocycles. The Hall–Kier alpha value is -2.72. The molecule has 0 bridgehead atoms. The van der Waals surface area contributed by atoms with Crippen LogP contribution in [0, 0.1) is 0 Å². The van der Waals surface area contributed by atoms with E-state index >= 15 is 0 Å². The zero-order valence-electron chi connectivity index (χ0n) is 18.7. The van der Waals surface area contributed by atoms with E-state index in [-0.39, 0.29) is 33.2 Å². The first-order chi connectivity index (χ1) is 15.2. The minimum atomic E-state index is -1.37. The fourth-order valence-corrected chi connectivity index (χ4v) is 6.30. The van der Waals surface area contributed by atoms with Gasteiger partial charge in [-0.05, 0) is 0 Å². The highest BCUT2D eigenvalue weighted by Gasteiger charge is 2.53. The van der Waals surface area contributed by atoms with Gasteiger partial charge in [-0.1, -0.05) is 5.16 Å². The lowest BCUT2D eigenvalue weighted by Gasteiger charge is -2.51. The SMILES string of the molecule is CO/N=C(\C(=O)N[C@@H]1C(=O)N2C(C(=O)[O-])=C(C[N+]3(C)CCCC3)CS[C@H]12)c1csc(N)n1.O.O. The van der Waals surface area contributed by atoms with Gasteiger partial charge in [0.05, 0.1) is 31.8 Å². The van der Waals surface area contributed by atoms with Crippen LogP contribution in [0.1, 0.15) is 18.5 Å². The van der Waals surface area contributed by atoms with Crippen molar-refractivity contribution in [3.05, 3.63) is 22.3 Å². The highest BCUT2D eigenvalue weighted by molar-refractivity contribution is 8.00. The number of carbonyl (C=O) groups excluding carboxylic acids is 3. The third-order valence-corrected chi connectivity index (χ3v) is 7.92. The number of carboxylic acid groups (broad SMARTS) is 1. The number of thioether (sulfide) groups is 1. The van der Waals surface area contributed by atoms with Gasteiger partial charge in [0.25, 0.3) is 11.8 Å². The van der Waals surface area contributed by atoms with Gasteiger partial charge >= 0.3 is 0 Å². The van der Waals surface area contributed by atoms with Crippen molar-refractivity contribution in [2.24, 2.45) is 5.16 Å². The lowest BCUT2D eigenvalue weighted by molar-refractivity contribution is -0.893. The Labute approximate surface area is 203 Å². The standard InChI is InChI=1S/C19H24N6O5S2.2H2O/c1-25(5-3-4-6-25)7-10-8-31-17-13(16(27)24(17)14(10)18(28)29)22-15(26)12(23-30-2)11-9-32-19(20)21-11;;/h9,13,17H,3-8H2,1-2H3,(H3-,20,21,22,26,28,29);2*1H2/b23-12-;;/t13-,17-;;/m1../s1. The number of thiazole rings is 1. The number of nitrogens with two attached hydrogens (primary N) is 1. The fourth-order valence-electron chi connectivity index (χ4n) is 4.41. The molecule has 0 aromatic carbocycles. The summed E-state index contributed by atoms with van der Waals surface area (Å²) in [6.07, 6.45) is 2.21. The number of anilines is 1. The van der Waals surface area contributed by atoms with Gasteiger partial charge in [-0.15, -0.1) is 23.1 Å². The molecular formula is C19H28N6O7S2. The molecule has 7 N–H and O–H groups in total. The molecule has 13 nitrogen and oxygen atoms in total. The van der Waals surface area contributed by atoms with E-state index in [1.807, 2.05) is 0 Å². The number of oxime groups is 1. The highest BCUT2D eigenvalue weighted by Crippen LogP contribution is 2.41. The maximum atomic E-state index is 12.9. The third-order valence-electron chi connectivity index (χ3n) is 5.91. The van der Waals surface area contributed by atoms with Gasteiger partial charge in [-0.3, -0.25) is 14.5 Å². The summed E-state index contributed by atoms with van der Waals surface area (Å²) in [6.45, 7) is 2.53. The normalized spacial score (nSPS) is 23.3. The molecule has 15 heteroatoms. The molecule has 0 unspecified atom stereocenters. The number of amides is 2. The summed E-state index contributed by atoms with van der Waals surface area (Å²) in [6, 6.07) is -0.891. The number of β-lactam (4-membered cyclic amide) rings is 1. The van der Waals surface area contributed by atoms with E-state index in [9.17, 15) is 19.5 Å². The molecule has 4 heterocycles. The predicted molar refractivity (Wildman–Crippen MR) is 124 cm³/mol. The number of likely N-dealkylation sites (tertiary alicyclic amines) is 1. The number of rotatable bonds is 7. The number of quaternary nitrogens is 1. The summed E-state index contributed by atoms with van der Waals surface area (Å²) in [7, 11) is 3.39. The predicted octanol–water partition coefficient (Wildman–Crippen LogP) is -2.93. The van der Waals surface area contributed by atoms with Crippen molar-refractivity contribution in [1.82, 2.24) is 15.2 Å². The Balaban J connectivity index is 0.00000204. The molecule has 1 aromatic rings. The van der Waals surface area contributed by atoms with Crippen molar-refractivity contribution in [3.8, 4) is 0 Å². The van der Waals surface area contributed by atoms with Crippen molar-refractivity contribution in [3.63, 3.8) is 0 Å². The summed E-state index contributed by atoms with van der Waals surface area (Å²) in [4.78, 5) is 47.7. The van der Waals surface area contributed by atoms with Crippen LogP contribution < -0.4 is 16.2 Å². The summed E-state index contributed by atoms with van der Waals surface area (Å²) in [5, 5.41) is 19.6. The Morgan fingerprint density at radius 2 is 2.06 bits per heavy atom. The van der Waals surface area contributed by atoms with Crippen LogP contribution in [0.4, 0.5) is 5.13 Å². The number of nitrogens with zero attached hydrogens (tertiary/aromatic N) is 4. The second-order valence-corrected chi connectivity index (χ2v) is 10.2. The van der Waals surface area contributed by atoms with Crippen LogP contribution in [-0.4, -0.2) is 99.8 Å². The van der Waals surface area contributed by atoms with Crippen molar-refractivity contribution in [1.29, 1.82) is 0 Å². The first-order valence-electron chi connectivity index (χ1n) is 10.1. The Kier molecular flexibility index (Phi) is 8.65. The quantitative estimate of drug-likeness (QED) is 0.165. The molecule has 0 spiro atoms. The molecule has 3 aliphatic heterocycles. The minimum absolute atomic E-state index is 0. The highest BCUT2D eigenvalue weighted by atomic mass is 32.2. The van der Waals surface area contributed by atoms with Gasteiger partial charge in [-0.25, -0.2) is 4.98 Å². The molecule has 1 aromatic heterocycles. The van der Waals surface area contributed by atoms with Crippen molar-refractivity contribution in [2.45, 2.75) is 24.3 Å². The van der Waals surface area contributed by atoms with Crippen LogP contribution in [0.15, 0.2) is 21.8 Å². The zero-order chi connectivity index (χ0) is 23.0. The summed E-state index contributed by atoms with van der Waals surface area (Å²) in [5.41, 5.74) is 6.39. The van der Waals surface area contributed by atoms with E-state index in [1.165, 1.54) is 23.8 Å². The Morgan fingerprint density at radius 3 is 2.62 bits per heavy atom. The molecular weight excluding hydrogens is 488 g/mol. The van der Waals surface area contributed by atoms with E-state index in [0.29, 0.717) is 17.9 Å². The second kappa shape index (κ2) is 10.7. The molecule has 2 atom stereocenters.